The summed E-state index contributed by atoms with van der Waals surface area (Å²) in [5.74, 6) is -1.13. The topological polar surface area (TPSA) is 81.9 Å². The molecule has 18 heavy (non-hydrogen) atoms. The van der Waals surface area contributed by atoms with Gasteiger partial charge in [0, 0.05) is 19.2 Å². The molecule has 0 spiro atoms. The number of hydroxylamine groups is 2. The summed E-state index contributed by atoms with van der Waals surface area (Å²) in [6.45, 7) is 1.87. The van der Waals surface area contributed by atoms with Crippen molar-refractivity contribution in [3.63, 3.8) is 0 Å². The Morgan fingerprint density at radius 3 is 2.78 bits per heavy atom. The second-order valence-corrected chi connectivity index (χ2v) is 3.18. The van der Waals surface area contributed by atoms with Crippen LogP contribution in [-0.4, -0.2) is 42.7 Å². The summed E-state index contributed by atoms with van der Waals surface area (Å²) < 4.78 is 9.37. The van der Waals surface area contributed by atoms with E-state index in [4.69, 9.17) is 9.57 Å². The van der Waals surface area contributed by atoms with Crippen molar-refractivity contribution < 1.29 is 23.7 Å². The van der Waals surface area contributed by atoms with Gasteiger partial charge in [-0.1, -0.05) is 5.16 Å². The number of allylic oxidation sites excluding steroid dienone is 1. The number of ether oxygens (including phenoxy) is 1. The Morgan fingerprint density at radius 2 is 2.28 bits per heavy atom. The molecule has 0 N–H and O–H groups in total. The third-order valence-electron chi connectivity index (χ3n) is 2.06. The number of nitrogens with zero attached hydrogens (tertiary/aromatic N) is 2. The second-order valence-electron chi connectivity index (χ2n) is 3.18. The maximum Gasteiger partial charge on any atom is 0.357 e. The summed E-state index contributed by atoms with van der Waals surface area (Å²) in [7, 11) is 2.85. The fourth-order valence-electron chi connectivity index (χ4n) is 1.12. The van der Waals surface area contributed by atoms with Gasteiger partial charge in [0.25, 0.3) is 0 Å². The van der Waals surface area contributed by atoms with Gasteiger partial charge in [0.1, 0.15) is 6.26 Å². The minimum atomic E-state index is -0.654. The lowest BCUT2D eigenvalue weighted by atomic mass is 10.2. The number of rotatable bonds is 6. The molecule has 1 aromatic rings. The smallest absolute Gasteiger partial charge is 0.357 e. The fourth-order valence-corrected chi connectivity index (χ4v) is 1.12. The van der Waals surface area contributed by atoms with Crippen LogP contribution in [-0.2, 0) is 14.4 Å². The van der Waals surface area contributed by atoms with Gasteiger partial charge in [-0.25, -0.2) is 4.79 Å². The van der Waals surface area contributed by atoms with Gasteiger partial charge in [-0.2, -0.15) is 0 Å². The summed E-state index contributed by atoms with van der Waals surface area (Å²) in [6, 6.07) is 1.40. The van der Waals surface area contributed by atoms with Crippen molar-refractivity contribution in [2.24, 2.45) is 0 Å². The normalized spacial score (nSPS) is 11.2. The summed E-state index contributed by atoms with van der Waals surface area (Å²) >= 11 is 0. The summed E-state index contributed by atoms with van der Waals surface area (Å²) in [5.41, 5.74) is 0.0775. The molecule has 1 heterocycles. The number of carbonyl (C=O) groups is 2. The Morgan fingerprint density at radius 1 is 1.56 bits per heavy atom. The van der Waals surface area contributed by atoms with Crippen LogP contribution in [0.15, 0.2) is 28.6 Å². The summed E-state index contributed by atoms with van der Waals surface area (Å²) in [4.78, 5) is 28.3. The van der Waals surface area contributed by atoms with Crippen molar-refractivity contribution in [3.05, 3.63) is 29.8 Å². The quantitative estimate of drug-likeness (QED) is 0.321. The number of carbonyl (C=O) groups excluding carboxylic acids is 2. The Kier molecular flexibility index (Phi) is 5.06. The molecule has 98 valence electrons. The van der Waals surface area contributed by atoms with Crippen LogP contribution in [0.3, 0.4) is 0 Å². The molecule has 0 saturated heterocycles. The van der Waals surface area contributed by atoms with Crippen LogP contribution in [0.4, 0.5) is 0 Å². The van der Waals surface area contributed by atoms with Gasteiger partial charge < -0.3 is 9.26 Å². The average Bonchev–Trinajstić information content (AvgIpc) is 2.88. The number of ketones is 1. The minimum Gasteiger partial charge on any atom is -0.461 e. The van der Waals surface area contributed by atoms with Gasteiger partial charge in [0.05, 0.1) is 13.7 Å². The van der Waals surface area contributed by atoms with E-state index in [9.17, 15) is 9.59 Å². The predicted molar refractivity (Wildman–Crippen MR) is 60.3 cm³/mol. The molecule has 7 heteroatoms. The Balaban J connectivity index is 2.95. The van der Waals surface area contributed by atoms with Crippen LogP contribution in [0.1, 0.15) is 17.4 Å². The van der Waals surface area contributed by atoms with E-state index in [-0.39, 0.29) is 18.0 Å². The second kappa shape index (κ2) is 6.55. The molecule has 0 amide bonds. The maximum atomic E-state index is 11.8. The number of aromatic nitrogens is 1. The molecule has 0 aromatic carbocycles. The van der Waals surface area contributed by atoms with Crippen molar-refractivity contribution in [3.8, 4) is 0 Å². The standard InChI is InChI=1S/C11H14N2O5/c1-4-17-11(15)9(13(2)16-3)7-10(14)8-5-6-18-12-8/h5-7H,4H2,1-3H3/b9-7+. The highest BCUT2D eigenvalue weighted by Gasteiger charge is 2.19. The average molecular weight is 254 g/mol. The third kappa shape index (κ3) is 3.42. The fraction of sp³-hybridized carbons (Fsp3) is 0.364. The molecule has 1 aromatic heterocycles. The van der Waals surface area contributed by atoms with E-state index >= 15 is 0 Å². The Bertz CT molecular complexity index is 438. The monoisotopic (exact) mass is 254 g/mol. The van der Waals surface area contributed by atoms with Gasteiger partial charge in [0.15, 0.2) is 11.4 Å². The SMILES string of the molecule is CCOC(=O)/C(=C\C(=O)c1ccon1)N(C)OC. The number of hydrogen-bond donors (Lipinski definition) is 0. The van der Waals surface area contributed by atoms with Crippen molar-refractivity contribution in [1.29, 1.82) is 0 Å². The van der Waals surface area contributed by atoms with Crippen molar-refractivity contribution in [2.75, 3.05) is 20.8 Å². The first-order chi connectivity index (χ1) is 8.60. The molecule has 0 unspecified atom stereocenters. The molecule has 0 saturated carbocycles. The lowest BCUT2D eigenvalue weighted by molar-refractivity contribution is -0.149. The van der Waals surface area contributed by atoms with E-state index < -0.39 is 11.8 Å². The van der Waals surface area contributed by atoms with Crippen LogP contribution in [0.25, 0.3) is 0 Å². The molecule has 0 aliphatic carbocycles. The Hall–Kier alpha value is -2.15. The lowest BCUT2D eigenvalue weighted by Crippen LogP contribution is -2.25. The van der Waals surface area contributed by atoms with E-state index in [1.54, 1.807) is 6.92 Å². The van der Waals surface area contributed by atoms with Gasteiger partial charge >= 0.3 is 5.97 Å². The lowest BCUT2D eigenvalue weighted by Gasteiger charge is -2.17. The van der Waals surface area contributed by atoms with E-state index in [0.717, 1.165) is 11.1 Å². The largest absolute Gasteiger partial charge is 0.461 e. The molecule has 0 aliphatic rings. The zero-order valence-electron chi connectivity index (χ0n) is 10.4. The van der Waals surface area contributed by atoms with Crippen LogP contribution < -0.4 is 0 Å². The van der Waals surface area contributed by atoms with E-state index in [0.29, 0.717) is 0 Å². The highest BCUT2D eigenvalue weighted by atomic mass is 16.7. The molecule has 0 fully saturated rings. The van der Waals surface area contributed by atoms with Gasteiger partial charge in [-0.3, -0.25) is 14.7 Å². The molecular weight excluding hydrogens is 240 g/mol. The molecular formula is C11H14N2O5. The molecule has 0 aliphatic heterocycles. The van der Waals surface area contributed by atoms with Gasteiger partial charge in [0.2, 0.25) is 5.78 Å². The van der Waals surface area contributed by atoms with Crippen LogP contribution >= 0.6 is 0 Å². The Labute approximate surface area is 104 Å². The zero-order chi connectivity index (χ0) is 13.5. The highest BCUT2D eigenvalue weighted by Crippen LogP contribution is 2.07. The minimum absolute atomic E-state index is 0.0210. The van der Waals surface area contributed by atoms with Crippen molar-refractivity contribution >= 4 is 11.8 Å². The molecule has 1 rings (SSSR count). The first-order valence-electron chi connectivity index (χ1n) is 5.21. The number of hydrogen-bond acceptors (Lipinski definition) is 7. The van der Waals surface area contributed by atoms with Gasteiger partial charge in [-0.15, -0.1) is 0 Å². The van der Waals surface area contributed by atoms with E-state index in [1.165, 1.54) is 26.5 Å². The summed E-state index contributed by atoms with van der Waals surface area (Å²) in [5, 5.41) is 4.61. The first-order valence-corrected chi connectivity index (χ1v) is 5.21. The third-order valence-corrected chi connectivity index (χ3v) is 2.06. The van der Waals surface area contributed by atoms with Gasteiger partial charge in [-0.05, 0) is 6.92 Å². The highest BCUT2D eigenvalue weighted by molar-refractivity contribution is 6.07. The van der Waals surface area contributed by atoms with E-state index in [2.05, 4.69) is 9.68 Å². The predicted octanol–water partition coefficient (Wildman–Crippen LogP) is 0.797. The molecule has 7 nitrogen and oxygen atoms in total. The van der Waals surface area contributed by atoms with Crippen molar-refractivity contribution in [1.82, 2.24) is 10.2 Å². The molecule has 0 bridgehead atoms. The molecule has 0 atom stereocenters. The number of esters is 1. The van der Waals surface area contributed by atoms with Crippen LogP contribution in [0.2, 0.25) is 0 Å². The van der Waals surface area contributed by atoms with Crippen LogP contribution in [0, 0.1) is 0 Å². The van der Waals surface area contributed by atoms with Crippen LogP contribution in [0.5, 0.6) is 0 Å². The first kappa shape index (κ1) is 13.9. The maximum absolute atomic E-state index is 11.8. The molecule has 0 radical (unpaired) electrons. The summed E-state index contributed by atoms with van der Waals surface area (Å²) in [6.07, 6.45) is 2.35. The zero-order valence-corrected chi connectivity index (χ0v) is 10.4. The van der Waals surface area contributed by atoms with E-state index in [1.807, 2.05) is 0 Å². The van der Waals surface area contributed by atoms with Crippen molar-refractivity contribution in [2.45, 2.75) is 6.92 Å². The number of likely N-dealkylation sites (N-methyl/N-ethyl adjacent to an activating group) is 1.